The van der Waals surface area contributed by atoms with Gasteiger partial charge in [-0.1, -0.05) is 32.0 Å². The van der Waals surface area contributed by atoms with Gasteiger partial charge in [-0.2, -0.15) is 0 Å². The molecule has 2 heteroatoms. The first-order valence-corrected chi connectivity index (χ1v) is 6.96. The van der Waals surface area contributed by atoms with Crippen molar-refractivity contribution < 1.29 is 5.11 Å². The van der Waals surface area contributed by atoms with Crippen molar-refractivity contribution in [1.29, 1.82) is 0 Å². The molecule has 0 heterocycles. The Labute approximate surface area is 109 Å². The van der Waals surface area contributed by atoms with Gasteiger partial charge in [-0.25, -0.2) is 0 Å². The smallest absolute Gasteiger partial charge is 0.0853 e. The van der Waals surface area contributed by atoms with E-state index in [0.717, 1.165) is 18.0 Å². The highest BCUT2D eigenvalue weighted by Gasteiger charge is 2.62. The molecule has 2 nitrogen and oxygen atoms in total. The number of aliphatic hydroxyl groups is 1. The SMILES string of the molecule is CC1(C)[C@@H]2C[C@@H](Nc3ccccc3)[C@@](C)(O)[C@H]1C2. The monoisotopic (exact) mass is 245 g/mol. The van der Waals surface area contributed by atoms with Crippen LogP contribution in [0, 0.1) is 17.3 Å². The molecule has 0 saturated heterocycles. The van der Waals surface area contributed by atoms with Crippen molar-refractivity contribution in [3.05, 3.63) is 30.3 Å². The van der Waals surface area contributed by atoms with Gasteiger partial charge in [-0.05, 0) is 49.1 Å². The standard InChI is InChI=1S/C16H23NO/c1-15(2)11-9-13(15)16(3,18)14(10-11)17-12-7-5-4-6-8-12/h4-8,11,13-14,17-18H,9-10H2,1-3H3/t11-,13-,14+,16-/m0/s1. The number of fused-ring (bicyclic) bond motifs is 2. The van der Waals surface area contributed by atoms with E-state index in [1.807, 2.05) is 25.1 Å². The fourth-order valence-electron chi connectivity index (χ4n) is 4.11. The first-order valence-electron chi connectivity index (χ1n) is 6.96. The predicted molar refractivity (Wildman–Crippen MR) is 74.5 cm³/mol. The van der Waals surface area contributed by atoms with Gasteiger partial charge in [0.1, 0.15) is 0 Å². The molecule has 0 unspecified atom stereocenters. The molecule has 3 aliphatic rings. The number of benzene rings is 1. The first-order chi connectivity index (χ1) is 8.42. The molecule has 0 aromatic heterocycles. The molecule has 0 amide bonds. The molecule has 18 heavy (non-hydrogen) atoms. The normalized spacial score (nSPS) is 41.0. The third-order valence-corrected chi connectivity index (χ3v) is 5.52. The summed E-state index contributed by atoms with van der Waals surface area (Å²) in [6, 6.07) is 10.4. The molecular formula is C16H23NO. The fourth-order valence-corrected chi connectivity index (χ4v) is 4.11. The topological polar surface area (TPSA) is 32.3 Å². The summed E-state index contributed by atoms with van der Waals surface area (Å²) in [5.74, 6) is 1.17. The van der Waals surface area contributed by atoms with Crippen LogP contribution in [0.2, 0.25) is 0 Å². The number of para-hydroxylation sites is 1. The second-order valence-electron chi connectivity index (χ2n) is 6.83. The van der Waals surface area contributed by atoms with Crippen molar-refractivity contribution >= 4 is 5.69 Å². The molecule has 3 aliphatic carbocycles. The van der Waals surface area contributed by atoms with Crippen molar-refractivity contribution in [2.75, 3.05) is 5.32 Å². The summed E-state index contributed by atoms with van der Waals surface area (Å²) in [7, 11) is 0. The lowest BCUT2D eigenvalue weighted by molar-refractivity contribution is -0.199. The van der Waals surface area contributed by atoms with E-state index in [-0.39, 0.29) is 6.04 Å². The van der Waals surface area contributed by atoms with Crippen LogP contribution in [0.3, 0.4) is 0 Å². The number of anilines is 1. The summed E-state index contributed by atoms with van der Waals surface area (Å²) in [5.41, 5.74) is 0.814. The van der Waals surface area contributed by atoms with Crippen molar-refractivity contribution in [2.45, 2.75) is 45.3 Å². The fraction of sp³-hybridized carbons (Fsp3) is 0.625. The summed E-state index contributed by atoms with van der Waals surface area (Å²) in [6.07, 6.45) is 2.26. The van der Waals surface area contributed by atoms with E-state index in [1.54, 1.807) is 0 Å². The maximum Gasteiger partial charge on any atom is 0.0853 e. The van der Waals surface area contributed by atoms with E-state index in [1.165, 1.54) is 6.42 Å². The van der Waals surface area contributed by atoms with Crippen LogP contribution in [0.1, 0.15) is 33.6 Å². The Bertz CT molecular complexity index is 438. The Morgan fingerprint density at radius 2 is 1.78 bits per heavy atom. The second-order valence-corrected chi connectivity index (χ2v) is 6.83. The molecule has 0 radical (unpaired) electrons. The maximum atomic E-state index is 10.9. The van der Waals surface area contributed by atoms with Gasteiger partial charge in [0.25, 0.3) is 0 Å². The van der Waals surface area contributed by atoms with E-state index in [0.29, 0.717) is 11.3 Å². The lowest BCUT2D eigenvalue weighted by Crippen LogP contribution is -2.68. The summed E-state index contributed by atoms with van der Waals surface area (Å²) in [5, 5.41) is 14.4. The zero-order chi connectivity index (χ0) is 13.0. The van der Waals surface area contributed by atoms with Gasteiger partial charge in [0, 0.05) is 5.69 Å². The number of rotatable bonds is 2. The Hall–Kier alpha value is -1.02. The van der Waals surface area contributed by atoms with E-state index in [9.17, 15) is 5.11 Å². The Kier molecular flexibility index (Phi) is 2.50. The zero-order valence-electron chi connectivity index (χ0n) is 11.5. The summed E-state index contributed by atoms with van der Waals surface area (Å²) in [4.78, 5) is 0. The minimum Gasteiger partial charge on any atom is -0.388 e. The van der Waals surface area contributed by atoms with Crippen LogP contribution in [0.25, 0.3) is 0 Å². The highest BCUT2D eigenvalue weighted by molar-refractivity contribution is 5.45. The highest BCUT2D eigenvalue weighted by Crippen LogP contribution is 2.62. The third kappa shape index (κ3) is 1.58. The molecule has 1 aromatic carbocycles. The van der Waals surface area contributed by atoms with Gasteiger partial charge in [-0.3, -0.25) is 0 Å². The summed E-state index contributed by atoms with van der Waals surface area (Å²) >= 11 is 0. The largest absolute Gasteiger partial charge is 0.388 e. The second kappa shape index (κ2) is 3.74. The predicted octanol–water partition coefficient (Wildman–Crippen LogP) is 3.28. The Morgan fingerprint density at radius 3 is 2.33 bits per heavy atom. The van der Waals surface area contributed by atoms with Gasteiger partial charge < -0.3 is 10.4 Å². The molecule has 3 saturated carbocycles. The van der Waals surface area contributed by atoms with Gasteiger partial charge in [0.2, 0.25) is 0 Å². The van der Waals surface area contributed by atoms with Crippen molar-refractivity contribution in [3.8, 4) is 0 Å². The van der Waals surface area contributed by atoms with Gasteiger partial charge in [0.15, 0.2) is 0 Å². The van der Waals surface area contributed by atoms with Crippen molar-refractivity contribution in [1.82, 2.24) is 0 Å². The molecule has 2 N–H and O–H groups in total. The number of nitrogens with one attached hydrogen (secondary N) is 1. The lowest BCUT2D eigenvalue weighted by atomic mass is 9.43. The number of hydrogen-bond acceptors (Lipinski definition) is 2. The Morgan fingerprint density at radius 1 is 1.11 bits per heavy atom. The average Bonchev–Trinajstić information content (AvgIpc) is 2.32. The average molecular weight is 245 g/mol. The van der Waals surface area contributed by atoms with Crippen LogP contribution >= 0.6 is 0 Å². The Balaban J connectivity index is 1.80. The van der Waals surface area contributed by atoms with E-state index < -0.39 is 5.60 Å². The van der Waals surface area contributed by atoms with Crippen molar-refractivity contribution in [3.63, 3.8) is 0 Å². The zero-order valence-corrected chi connectivity index (χ0v) is 11.5. The van der Waals surface area contributed by atoms with Crippen molar-refractivity contribution in [2.24, 2.45) is 17.3 Å². The quantitative estimate of drug-likeness (QED) is 0.838. The van der Waals surface area contributed by atoms with Crippen LogP contribution < -0.4 is 5.32 Å². The van der Waals surface area contributed by atoms with Gasteiger partial charge in [0.05, 0.1) is 11.6 Å². The summed E-state index contributed by atoms with van der Waals surface area (Å²) in [6.45, 7) is 6.62. The molecule has 4 atom stereocenters. The van der Waals surface area contributed by atoms with Crippen LogP contribution in [0.5, 0.6) is 0 Å². The molecule has 4 rings (SSSR count). The van der Waals surface area contributed by atoms with Crippen LogP contribution in [-0.2, 0) is 0 Å². The van der Waals surface area contributed by atoms with Crippen LogP contribution in [0.15, 0.2) is 30.3 Å². The van der Waals surface area contributed by atoms with E-state index in [4.69, 9.17) is 0 Å². The molecule has 0 aliphatic heterocycles. The molecule has 1 aromatic rings. The molecular weight excluding hydrogens is 222 g/mol. The van der Waals surface area contributed by atoms with Crippen LogP contribution in [-0.4, -0.2) is 16.7 Å². The minimum atomic E-state index is -0.603. The third-order valence-electron chi connectivity index (χ3n) is 5.52. The number of hydrogen-bond donors (Lipinski definition) is 2. The van der Waals surface area contributed by atoms with Gasteiger partial charge >= 0.3 is 0 Å². The molecule has 2 bridgehead atoms. The molecule has 3 fully saturated rings. The highest BCUT2D eigenvalue weighted by atomic mass is 16.3. The van der Waals surface area contributed by atoms with E-state index in [2.05, 4.69) is 31.3 Å². The lowest BCUT2D eigenvalue weighted by Gasteiger charge is -2.65. The minimum absolute atomic E-state index is 0.177. The van der Waals surface area contributed by atoms with E-state index >= 15 is 0 Å². The molecule has 0 spiro atoms. The first kappa shape index (κ1) is 12.0. The maximum absolute atomic E-state index is 10.9. The molecule has 98 valence electrons. The van der Waals surface area contributed by atoms with Gasteiger partial charge in [-0.15, -0.1) is 0 Å². The van der Waals surface area contributed by atoms with Crippen LogP contribution in [0.4, 0.5) is 5.69 Å². The summed E-state index contributed by atoms with van der Waals surface area (Å²) < 4.78 is 0.